The number of anilines is 1. The minimum atomic E-state index is -1.19. The lowest BCUT2D eigenvalue weighted by Gasteiger charge is -2.15. The molecule has 0 saturated carbocycles. The quantitative estimate of drug-likeness (QED) is 0.870. The number of carboxylic acids is 1. The first-order valence-corrected chi connectivity index (χ1v) is 7.47. The average Bonchev–Trinajstić information content (AvgIpc) is 2.92. The van der Waals surface area contributed by atoms with Crippen LogP contribution >= 0.6 is 23.2 Å². The number of carbonyl (C=O) groups is 2. The van der Waals surface area contributed by atoms with E-state index < -0.39 is 5.97 Å². The van der Waals surface area contributed by atoms with Crippen LogP contribution in [0.5, 0.6) is 0 Å². The Balaban J connectivity index is 2.04. The van der Waals surface area contributed by atoms with Crippen molar-refractivity contribution in [1.29, 1.82) is 0 Å². The van der Waals surface area contributed by atoms with Crippen molar-refractivity contribution >= 4 is 40.8 Å². The molecule has 0 aliphatic carbocycles. The maximum atomic E-state index is 12.0. The van der Waals surface area contributed by atoms with Crippen LogP contribution in [0.15, 0.2) is 12.1 Å². The summed E-state index contributed by atoms with van der Waals surface area (Å²) < 4.78 is 0. The van der Waals surface area contributed by atoms with Gasteiger partial charge in [-0.15, -0.1) is 0 Å². The fourth-order valence-corrected chi connectivity index (χ4v) is 2.88. The Morgan fingerprint density at radius 2 is 1.90 bits per heavy atom. The molecule has 0 unspecified atom stereocenters. The van der Waals surface area contributed by atoms with Crippen molar-refractivity contribution in [3.8, 4) is 0 Å². The van der Waals surface area contributed by atoms with E-state index in [1.165, 1.54) is 12.1 Å². The van der Waals surface area contributed by atoms with Gasteiger partial charge in [0, 0.05) is 18.0 Å². The molecule has 0 radical (unpaired) electrons. The first-order valence-electron chi connectivity index (χ1n) is 6.72. The first-order chi connectivity index (χ1) is 9.97. The van der Waals surface area contributed by atoms with Crippen LogP contribution in [0.2, 0.25) is 10.0 Å². The zero-order chi connectivity index (χ0) is 15.4. The van der Waals surface area contributed by atoms with E-state index in [2.05, 4.69) is 10.2 Å². The molecular weight excluding hydrogens is 315 g/mol. The van der Waals surface area contributed by atoms with Gasteiger partial charge in [-0.3, -0.25) is 4.79 Å². The minimum Gasteiger partial charge on any atom is -0.478 e. The highest BCUT2D eigenvalue weighted by Crippen LogP contribution is 2.30. The lowest BCUT2D eigenvalue weighted by Crippen LogP contribution is -2.25. The van der Waals surface area contributed by atoms with Crippen molar-refractivity contribution < 1.29 is 14.7 Å². The van der Waals surface area contributed by atoms with Crippen molar-refractivity contribution in [3.63, 3.8) is 0 Å². The van der Waals surface area contributed by atoms with E-state index in [0.29, 0.717) is 13.0 Å². The second-order valence-corrected chi connectivity index (χ2v) is 5.81. The maximum absolute atomic E-state index is 12.0. The number of hydrogen-bond donors (Lipinski definition) is 2. The van der Waals surface area contributed by atoms with Gasteiger partial charge in [0.2, 0.25) is 5.91 Å². The minimum absolute atomic E-state index is 0.0972. The largest absolute Gasteiger partial charge is 0.478 e. The van der Waals surface area contributed by atoms with Crippen LogP contribution in [-0.4, -0.2) is 41.5 Å². The Morgan fingerprint density at radius 1 is 1.24 bits per heavy atom. The normalized spacial score (nSPS) is 15.1. The zero-order valence-corrected chi connectivity index (χ0v) is 12.9. The SMILES string of the molecule is O=C(CCN1CCCC1)Nc1c(Cl)cc(Cl)cc1C(=O)O. The number of hydrogen-bond acceptors (Lipinski definition) is 3. The van der Waals surface area contributed by atoms with Gasteiger partial charge in [0.25, 0.3) is 0 Å². The van der Waals surface area contributed by atoms with Crippen molar-refractivity contribution in [2.75, 3.05) is 25.0 Å². The summed E-state index contributed by atoms with van der Waals surface area (Å²) in [6.07, 6.45) is 2.62. The highest BCUT2D eigenvalue weighted by molar-refractivity contribution is 6.37. The number of carbonyl (C=O) groups excluding carboxylic acids is 1. The molecule has 1 aliphatic rings. The average molecular weight is 331 g/mol. The lowest BCUT2D eigenvalue weighted by atomic mass is 10.1. The monoisotopic (exact) mass is 330 g/mol. The van der Waals surface area contributed by atoms with E-state index >= 15 is 0 Å². The van der Waals surface area contributed by atoms with Crippen molar-refractivity contribution in [2.24, 2.45) is 0 Å². The van der Waals surface area contributed by atoms with Gasteiger partial charge < -0.3 is 15.3 Å². The Kier molecular flexibility index (Phi) is 5.45. The third-order valence-corrected chi connectivity index (χ3v) is 3.92. The second kappa shape index (κ2) is 7.11. The number of likely N-dealkylation sites (tertiary alicyclic amines) is 1. The summed E-state index contributed by atoms with van der Waals surface area (Å²) in [6, 6.07) is 2.68. The molecule has 1 fully saturated rings. The lowest BCUT2D eigenvalue weighted by molar-refractivity contribution is -0.116. The zero-order valence-electron chi connectivity index (χ0n) is 11.4. The van der Waals surface area contributed by atoms with Gasteiger partial charge in [0.1, 0.15) is 0 Å². The summed E-state index contributed by atoms with van der Waals surface area (Å²) in [4.78, 5) is 25.4. The summed E-state index contributed by atoms with van der Waals surface area (Å²) in [6.45, 7) is 2.68. The number of nitrogens with zero attached hydrogens (tertiary/aromatic N) is 1. The van der Waals surface area contributed by atoms with E-state index in [1.807, 2.05) is 0 Å². The third kappa shape index (κ3) is 4.33. The molecule has 1 aromatic carbocycles. The van der Waals surface area contributed by atoms with Gasteiger partial charge in [0.15, 0.2) is 0 Å². The van der Waals surface area contributed by atoms with Gasteiger partial charge in [-0.1, -0.05) is 23.2 Å². The molecule has 0 aromatic heterocycles. The molecule has 0 bridgehead atoms. The molecular formula is C14H16Cl2N2O3. The van der Waals surface area contributed by atoms with E-state index in [9.17, 15) is 9.59 Å². The van der Waals surface area contributed by atoms with Crippen molar-refractivity contribution in [1.82, 2.24) is 4.90 Å². The fraction of sp³-hybridized carbons (Fsp3) is 0.429. The van der Waals surface area contributed by atoms with Gasteiger partial charge in [-0.25, -0.2) is 4.79 Å². The molecule has 114 valence electrons. The number of rotatable bonds is 5. The highest BCUT2D eigenvalue weighted by atomic mass is 35.5. The summed E-state index contributed by atoms with van der Waals surface area (Å²) in [5.41, 5.74) is -0.0120. The standard InChI is InChI=1S/C14H16Cl2N2O3/c15-9-7-10(14(20)21)13(11(16)8-9)17-12(19)3-6-18-4-1-2-5-18/h7-8H,1-6H2,(H,17,19)(H,20,21). The molecule has 2 rings (SSSR count). The van der Waals surface area contributed by atoms with E-state index in [0.717, 1.165) is 25.9 Å². The number of aromatic carboxylic acids is 1. The Morgan fingerprint density at radius 3 is 2.52 bits per heavy atom. The maximum Gasteiger partial charge on any atom is 0.337 e. The van der Waals surface area contributed by atoms with Crippen molar-refractivity contribution in [2.45, 2.75) is 19.3 Å². The summed E-state index contributed by atoms with van der Waals surface area (Å²) >= 11 is 11.8. The molecule has 1 saturated heterocycles. The molecule has 5 nitrogen and oxygen atoms in total. The van der Waals surface area contributed by atoms with Crippen molar-refractivity contribution in [3.05, 3.63) is 27.7 Å². The molecule has 21 heavy (non-hydrogen) atoms. The summed E-state index contributed by atoms with van der Waals surface area (Å²) in [5.74, 6) is -1.44. The molecule has 0 atom stereocenters. The first kappa shape index (κ1) is 16.1. The molecule has 1 aliphatic heterocycles. The Bertz CT molecular complexity index is 557. The van der Waals surface area contributed by atoms with Gasteiger partial charge in [-0.2, -0.15) is 0 Å². The Hall–Kier alpha value is -1.30. The predicted molar refractivity (Wildman–Crippen MR) is 82.3 cm³/mol. The van der Waals surface area contributed by atoms with Gasteiger partial charge in [0.05, 0.1) is 16.3 Å². The predicted octanol–water partition coefficient (Wildman–Crippen LogP) is 3.12. The van der Waals surface area contributed by atoms with Crippen LogP contribution in [0.3, 0.4) is 0 Å². The number of benzene rings is 1. The van der Waals surface area contributed by atoms with Crippen LogP contribution in [0.25, 0.3) is 0 Å². The molecule has 1 aromatic rings. The van der Waals surface area contributed by atoms with Crippen LogP contribution in [0, 0.1) is 0 Å². The third-order valence-electron chi connectivity index (χ3n) is 3.40. The smallest absolute Gasteiger partial charge is 0.337 e. The van der Waals surface area contributed by atoms with E-state index in [4.69, 9.17) is 28.3 Å². The summed E-state index contributed by atoms with van der Waals surface area (Å²) in [5, 5.41) is 12.1. The van der Waals surface area contributed by atoms with E-state index in [1.54, 1.807) is 0 Å². The molecule has 1 heterocycles. The van der Waals surface area contributed by atoms with Crippen LogP contribution in [0.4, 0.5) is 5.69 Å². The molecule has 1 amide bonds. The van der Waals surface area contributed by atoms with E-state index in [-0.39, 0.29) is 27.2 Å². The van der Waals surface area contributed by atoms with Gasteiger partial charge in [-0.05, 0) is 38.1 Å². The Labute approximate surface area is 132 Å². The molecule has 0 spiro atoms. The summed E-state index contributed by atoms with van der Waals surface area (Å²) in [7, 11) is 0. The number of carboxylic acid groups (broad SMARTS) is 1. The second-order valence-electron chi connectivity index (χ2n) is 4.96. The number of nitrogens with one attached hydrogen (secondary N) is 1. The van der Waals surface area contributed by atoms with Gasteiger partial charge >= 0.3 is 5.97 Å². The van der Waals surface area contributed by atoms with Crippen LogP contribution < -0.4 is 5.32 Å². The van der Waals surface area contributed by atoms with Crippen LogP contribution in [-0.2, 0) is 4.79 Å². The highest BCUT2D eigenvalue weighted by Gasteiger charge is 2.18. The number of halogens is 2. The molecule has 2 N–H and O–H groups in total. The molecule has 7 heteroatoms. The topological polar surface area (TPSA) is 69.6 Å². The van der Waals surface area contributed by atoms with Crippen LogP contribution in [0.1, 0.15) is 29.6 Å². The fourth-order valence-electron chi connectivity index (χ4n) is 2.34. The number of amides is 1.